The first-order valence-corrected chi connectivity index (χ1v) is 7.29. The van der Waals surface area contributed by atoms with Gasteiger partial charge in [-0.15, -0.1) is 0 Å². The number of aliphatic hydroxyl groups is 1. The van der Waals surface area contributed by atoms with Crippen LogP contribution < -0.4 is 10.2 Å². The van der Waals surface area contributed by atoms with Crippen LogP contribution in [0.3, 0.4) is 0 Å². The zero-order valence-corrected chi connectivity index (χ0v) is 12.8. The molecule has 20 heavy (non-hydrogen) atoms. The molecule has 1 aliphatic rings. The van der Waals surface area contributed by atoms with E-state index in [1.165, 1.54) is 11.1 Å². The lowest BCUT2D eigenvalue weighted by atomic mass is 9.93. The van der Waals surface area contributed by atoms with Crippen LogP contribution in [0.25, 0.3) is 0 Å². The lowest BCUT2D eigenvalue weighted by Crippen LogP contribution is -2.45. The Morgan fingerprint density at radius 1 is 1.35 bits per heavy atom. The van der Waals surface area contributed by atoms with Crippen LogP contribution in [0.4, 0.5) is 5.69 Å². The predicted molar refractivity (Wildman–Crippen MR) is 82.2 cm³/mol. The number of rotatable bonds is 5. The van der Waals surface area contributed by atoms with Gasteiger partial charge in [0.25, 0.3) is 0 Å². The van der Waals surface area contributed by atoms with Crippen LogP contribution in [-0.4, -0.2) is 44.6 Å². The standard InChI is InChI=1S/C16H26N2O2/c1-13-10-15(5-4-14(13)11-17-2)18(3)12-16(19)6-8-20-9-7-16/h4-5,10,17,19H,6-9,11-12H2,1-3H3. The largest absolute Gasteiger partial charge is 0.388 e. The van der Waals surface area contributed by atoms with Crippen molar-refractivity contribution < 1.29 is 9.84 Å². The van der Waals surface area contributed by atoms with Crippen LogP contribution in [0, 0.1) is 6.92 Å². The minimum Gasteiger partial charge on any atom is -0.388 e. The van der Waals surface area contributed by atoms with Crippen molar-refractivity contribution in [3.8, 4) is 0 Å². The molecule has 1 heterocycles. The number of anilines is 1. The van der Waals surface area contributed by atoms with Crippen molar-refractivity contribution in [1.29, 1.82) is 0 Å². The highest BCUT2D eigenvalue weighted by Gasteiger charge is 2.31. The van der Waals surface area contributed by atoms with E-state index in [9.17, 15) is 5.11 Å². The van der Waals surface area contributed by atoms with Gasteiger partial charge in [0.1, 0.15) is 0 Å². The quantitative estimate of drug-likeness (QED) is 0.860. The third kappa shape index (κ3) is 3.72. The van der Waals surface area contributed by atoms with Crippen LogP contribution in [0.2, 0.25) is 0 Å². The maximum absolute atomic E-state index is 10.6. The van der Waals surface area contributed by atoms with Crippen LogP contribution in [0.1, 0.15) is 24.0 Å². The molecular weight excluding hydrogens is 252 g/mol. The van der Waals surface area contributed by atoms with E-state index in [0.717, 1.165) is 12.2 Å². The van der Waals surface area contributed by atoms with Crippen LogP contribution in [0.5, 0.6) is 0 Å². The molecule has 4 nitrogen and oxygen atoms in total. The molecule has 1 aromatic rings. The van der Waals surface area contributed by atoms with Gasteiger partial charge in [0.2, 0.25) is 0 Å². The molecule has 4 heteroatoms. The van der Waals surface area contributed by atoms with Crippen molar-refractivity contribution in [2.45, 2.75) is 31.9 Å². The number of benzene rings is 1. The van der Waals surface area contributed by atoms with Gasteiger partial charge < -0.3 is 20.1 Å². The molecule has 0 unspecified atom stereocenters. The van der Waals surface area contributed by atoms with Gasteiger partial charge in [-0.25, -0.2) is 0 Å². The fourth-order valence-electron chi connectivity index (χ4n) is 2.75. The van der Waals surface area contributed by atoms with E-state index >= 15 is 0 Å². The lowest BCUT2D eigenvalue weighted by Gasteiger charge is -2.36. The minimum absolute atomic E-state index is 0.620. The summed E-state index contributed by atoms with van der Waals surface area (Å²) in [7, 11) is 4.00. The molecule has 1 saturated heterocycles. The first kappa shape index (κ1) is 15.3. The number of hydrogen-bond donors (Lipinski definition) is 2. The summed E-state index contributed by atoms with van der Waals surface area (Å²) >= 11 is 0. The van der Waals surface area contributed by atoms with E-state index < -0.39 is 5.60 Å². The van der Waals surface area contributed by atoms with Gasteiger partial charge >= 0.3 is 0 Å². The number of likely N-dealkylation sites (N-methyl/N-ethyl adjacent to an activating group) is 1. The maximum atomic E-state index is 10.6. The number of nitrogens with zero attached hydrogens (tertiary/aromatic N) is 1. The van der Waals surface area contributed by atoms with Crippen molar-refractivity contribution in [2.24, 2.45) is 0 Å². The highest BCUT2D eigenvalue weighted by Crippen LogP contribution is 2.25. The Morgan fingerprint density at radius 2 is 2.05 bits per heavy atom. The summed E-state index contributed by atoms with van der Waals surface area (Å²) in [6, 6.07) is 6.48. The van der Waals surface area contributed by atoms with Gasteiger partial charge in [-0.05, 0) is 37.2 Å². The van der Waals surface area contributed by atoms with Crippen LogP contribution in [0.15, 0.2) is 18.2 Å². The highest BCUT2D eigenvalue weighted by atomic mass is 16.5. The molecule has 1 aromatic carbocycles. The summed E-state index contributed by atoms with van der Waals surface area (Å²) < 4.78 is 5.33. The predicted octanol–water partition coefficient (Wildman–Crippen LogP) is 1.69. The molecule has 112 valence electrons. The Labute approximate surface area is 121 Å². The number of hydrogen-bond acceptors (Lipinski definition) is 4. The van der Waals surface area contributed by atoms with Crippen molar-refractivity contribution >= 4 is 5.69 Å². The second-order valence-corrected chi connectivity index (χ2v) is 5.83. The molecule has 0 amide bonds. The Hall–Kier alpha value is -1.10. The highest BCUT2D eigenvalue weighted by molar-refractivity contribution is 5.50. The van der Waals surface area contributed by atoms with Gasteiger partial charge in [0.05, 0.1) is 5.60 Å². The van der Waals surface area contributed by atoms with E-state index in [-0.39, 0.29) is 0 Å². The Kier molecular flexibility index (Phi) is 5.02. The summed E-state index contributed by atoms with van der Waals surface area (Å²) in [6.07, 6.45) is 1.43. The minimum atomic E-state index is -0.620. The van der Waals surface area contributed by atoms with Gasteiger partial charge in [0.15, 0.2) is 0 Å². The molecule has 0 atom stereocenters. The normalized spacial score (nSPS) is 18.0. The topological polar surface area (TPSA) is 44.7 Å². The fraction of sp³-hybridized carbons (Fsp3) is 0.625. The fourth-order valence-corrected chi connectivity index (χ4v) is 2.75. The molecule has 0 aliphatic carbocycles. The van der Waals surface area contributed by atoms with Gasteiger partial charge in [-0.3, -0.25) is 0 Å². The average molecular weight is 278 g/mol. The zero-order valence-electron chi connectivity index (χ0n) is 12.8. The Bertz CT molecular complexity index is 442. The number of ether oxygens (including phenoxy) is 1. The summed E-state index contributed by atoms with van der Waals surface area (Å²) in [5.41, 5.74) is 3.13. The van der Waals surface area contributed by atoms with Crippen molar-refractivity contribution in [2.75, 3.05) is 38.8 Å². The second-order valence-electron chi connectivity index (χ2n) is 5.83. The molecule has 2 rings (SSSR count). The smallest absolute Gasteiger partial charge is 0.0865 e. The molecule has 0 saturated carbocycles. The molecule has 0 bridgehead atoms. The first-order chi connectivity index (χ1) is 9.54. The van der Waals surface area contributed by atoms with Crippen molar-refractivity contribution in [3.05, 3.63) is 29.3 Å². The second kappa shape index (κ2) is 6.57. The summed E-state index contributed by atoms with van der Waals surface area (Å²) in [5.74, 6) is 0. The third-order valence-corrected chi connectivity index (χ3v) is 4.09. The van der Waals surface area contributed by atoms with Crippen molar-refractivity contribution in [1.82, 2.24) is 5.32 Å². The Morgan fingerprint density at radius 3 is 2.65 bits per heavy atom. The molecule has 0 aromatic heterocycles. The van der Waals surface area contributed by atoms with Crippen LogP contribution in [-0.2, 0) is 11.3 Å². The molecular formula is C16H26N2O2. The average Bonchev–Trinajstić information content (AvgIpc) is 2.41. The SMILES string of the molecule is CNCc1ccc(N(C)CC2(O)CCOCC2)cc1C. The van der Waals surface area contributed by atoms with Gasteiger partial charge in [-0.1, -0.05) is 6.07 Å². The maximum Gasteiger partial charge on any atom is 0.0865 e. The van der Waals surface area contributed by atoms with Gasteiger partial charge in [-0.2, -0.15) is 0 Å². The summed E-state index contributed by atoms with van der Waals surface area (Å²) in [6.45, 7) is 4.99. The summed E-state index contributed by atoms with van der Waals surface area (Å²) in [5, 5.41) is 13.8. The van der Waals surface area contributed by atoms with E-state index in [0.29, 0.717) is 32.6 Å². The van der Waals surface area contributed by atoms with Crippen molar-refractivity contribution in [3.63, 3.8) is 0 Å². The van der Waals surface area contributed by atoms with Gasteiger partial charge in [0, 0.05) is 51.9 Å². The molecule has 0 spiro atoms. The van der Waals surface area contributed by atoms with E-state index in [1.54, 1.807) is 0 Å². The molecule has 2 N–H and O–H groups in total. The number of aryl methyl sites for hydroxylation is 1. The van der Waals surface area contributed by atoms with Crippen LogP contribution >= 0.6 is 0 Å². The molecule has 1 aliphatic heterocycles. The van der Waals surface area contributed by atoms with E-state index in [2.05, 4.69) is 35.3 Å². The molecule has 1 fully saturated rings. The Balaban J connectivity index is 2.05. The third-order valence-electron chi connectivity index (χ3n) is 4.09. The number of nitrogens with one attached hydrogen (secondary N) is 1. The van der Waals surface area contributed by atoms with E-state index in [1.807, 2.05) is 14.1 Å². The van der Waals surface area contributed by atoms with E-state index in [4.69, 9.17) is 4.74 Å². The monoisotopic (exact) mass is 278 g/mol. The first-order valence-electron chi connectivity index (χ1n) is 7.29. The lowest BCUT2D eigenvalue weighted by molar-refractivity contribution is -0.0572. The molecule has 0 radical (unpaired) electrons. The summed E-state index contributed by atoms with van der Waals surface area (Å²) in [4.78, 5) is 2.14. The zero-order chi connectivity index (χ0) is 14.6.